The molecule has 35 heavy (non-hydrogen) atoms. The maximum atomic E-state index is 13.5. The van der Waals surface area contributed by atoms with Crippen molar-refractivity contribution in [2.45, 2.75) is 31.5 Å². The van der Waals surface area contributed by atoms with Crippen molar-refractivity contribution in [2.24, 2.45) is 10.7 Å². The van der Waals surface area contributed by atoms with Gasteiger partial charge in [-0.3, -0.25) is 14.7 Å². The van der Waals surface area contributed by atoms with E-state index in [4.69, 9.17) is 15.1 Å². The number of alkyl halides is 3. The number of amides is 1. The number of likely N-dealkylation sites (N-methyl/N-ethyl adjacent to an activating group) is 1. The summed E-state index contributed by atoms with van der Waals surface area (Å²) >= 11 is 1.36. The quantitative estimate of drug-likeness (QED) is 0.395. The van der Waals surface area contributed by atoms with E-state index in [1.54, 1.807) is 20.2 Å². The van der Waals surface area contributed by atoms with Gasteiger partial charge in [-0.05, 0) is 55.3 Å². The van der Waals surface area contributed by atoms with Gasteiger partial charge in [0.1, 0.15) is 11.1 Å². The average Bonchev–Trinajstić information content (AvgIpc) is 3.47. The minimum atomic E-state index is -4.46. The van der Waals surface area contributed by atoms with Crippen molar-refractivity contribution >= 4 is 34.2 Å². The maximum Gasteiger partial charge on any atom is 0.417 e. The lowest BCUT2D eigenvalue weighted by Gasteiger charge is -2.40. The molecule has 4 aromatic rings. The van der Waals surface area contributed by atoms with E-state index in [1.165, 1.54) is 16.2 Å². The number of rotatable bonds is 3. The molecular formula is C25H21F3N4O2S. The highest BCUT2D eigenvalue weighted by atomic mass is 32.1. The molecule has 0 saturated heterocycles. The van der Waals surface area contributed by atoms with Gasteiger partial charge >= 0.3 is 6.18 Å². The van der Waals surface area contributed by atoms with E-state index in [-0.39, 0.29) is 11.9 Å². The van der Waals surface area contributed by atoms with Crippen LogP contribution >= 0.6 is 11.3 Å². The van der Waals surface area contributed by atoms with Crippen LogP contribution in [0.1, 0.15) is 34.4 Å². The highest BCUT2D eigenvalue weighted by molar-refractivity contribution is 7.10. The molecule has 0 spiro atoms. The molecule has 1 aromatic carbocycles. The maximum absolute atomic E-state index is 13.5. The van der Waals surface area contributed by atoms with Crippen molar-refractivity contribution in [3.8, 4) is 11.3 Å². The Kier molecular flexibility index (Phi) is 5.24. The average molecular weight is 499 g/mol. The van der Waals surface area contributed by atoms with Gasteiger partial charge in [-0.15, -0.1) is 11.3 Å². The minimum absolute atomic E-state index is 0.0944. The highest BCUT2D eigenvalue weighted by Crippen LogP contribution is 2.47. The number of furan rings is 1. The molecular weight excluding hydrogens is 477 g/mol. The number of guanidine groups is 1. The zero-order chi connectivity index (χ0) is 25.1. The Bertz CT molecular complexity index is 1490. The second kappa shape index (κ2) is 7.94. The van der Waals surface area contributed by atoms with Crippen LogP contribution in [0.25, 0.3) is 22.2 Å². The van der Waals surface area contributed by atoms with Crippen molar-refractivity contribution < 1.29 is 22.4 Å². The second-order valence-electron chi connectivity index (χ2n) is 8.75. The fraction of sp³-hybridized carbons (Fsp3) is 0.240. The molecule has 1 amide bonds. The molecule has 5 rings (SSSR count). The van der Waals surface area contributed by atoms with E-state index in [1.807, 2.05) is 42.6 Å². The summed E-state index contributed by atoms with van der Waals surface area (Å²) in [6, 6.07) is 10.3. The number of benzene rings is 1. The van der Waals surface area contributed by atoms with Gasteiger partial charge in [0, 0.05) is 34.5 Å². The number of fused-ring (bicyclic) bond motifs is 1. The zero-order valence-electron chi connectivity index (χ0n) is 19.1. The van der Waals surface area contributed by atoms with E-state index in [0.29, 0.717) is 22.4 Å². The van der Waals surface area contributed by atoms with Gasteiger partial charge in [0.15, 0.2) is 5.96 Å². The Labute approximate surface area is 202 Å². The summed E-state index contributed by atoms with van der Waals surface area (Å²) < 4.78 is 44.7. The number of carbonyl (C=O) groups excluding carboxylic acids is 1. The van der Waals surface area contributed by atoms with Crippen molar-refractivity contribution in [1.82, 2.24) is 9.88 Å². The Morgan fingerprint density at radius 3 is 2.69 bits per heavy atom. The number of aliphatic imine (C=N–C) groups is 1. The Balaban J connectivity index is 1.61. The molecule has 180 valence electrons. The Hall–Kier alpha value is -3.66. The number of aryl methyl sites for hydroxylation is 1. The number of thiophene rings is 1. The molecule has 0 radical (unpaired) electrons. The summed E-state index contributed by atoms with van der Waals surface area (Å²) in [5.41, 5.74) is 7.25. The number of hydrogen-bond acceptors (Lipinski definition) is 6. The lowest BCUT2D eigenvalue weighted by Crippen LogP contribution is -2.52. The van der Waals surface area contributed by atoms with Crippen LogP contribution in [0.5, 0.6) is 0 Å². The topological polar surface area (TPSA) is 84.7 Å². The van der Waals surface area contributed by atoms with Crippen LogP contribution in [-0.4, -0.2) is 28.8 Å². The first-order valence-electron chi connectivity index (χ1n) is 10.7. The monoisotopic (exact) mass is 498 g/mol. The molecule has 0 unspecified atom stereocenters. The Morgan fingerprint density at radius 1 is 1.20 bits per heavy atom. The van der Waals surface area contributed by atoms with Gasteiger partial charge in [-0.25, -0.2) is 4.99 Å². The first-order valence-corrected chi connectivity index (χ1v) is 11.6. The smallest absolute Gasteiger partial charge is 0.417 e. The molecule has 0 aliphatic carbocycles. The molecule has 0 saturated carbocycles. The summed E-state index contributed by atoms with van der Waals surface area (Å²) in [5.74, 6) is -0.786. The first kappa shape index (κ1) is 23.1. The van der Waals surface area contributed by atoms with Gasteiger partial charge < -0.3 is 10.2 Å². The first-order chi connectivity index (χ1) is 16.5. The summed E-state index contributed by atoms with van der Waals surface area (Å²) in [4.78, 5) is 24.4. The fourth-order valence-corrected chi connectivity index (χ4v) is 5.54. The minimum Gasteiger partial charge on any atom is -0.464 e. The van der Waals surface area contributed by atoms with E-state index >= 15 is 0 Å². The third kappa shape index (κ3) is 3.78. The molecule has 3 aromatic heterocycles. The van der Waals surface area contributed by atoms with Crippen molar-refractivity contribution in [3.63, 3.8) is 0 Å². The summed E-state index contributed by atoms with van der Waals surface area (Å²) in [7, 11) is 1.58. The molecule has 1 aliphatic heterocycles. The lowest BCUT2D eigenvalue weighted by molar-refractivity contribution is -0.137. The number of nitrogens with two attached hydrogens (primary N) is 1. The molecule has 10 heteroatoms. The van der Waals surface area contributed by atoms with Crippen LogP contribution in [-0.2, 0) is 16.5 Å². The zero-order valence-corrected chi connectivity index (χ0v) is 19.9. The largest absolute Gasteiger partial charge is 0.464 e. The molecule has 4 heterocycles. The summed E-state index contributed by atoms with van der Waals surface area (Å²) in [6.45, 7) is 3.44. The van der Waals surface area contributed by atoms with Crippen LogP contribution in [0.2, 0.25) is 0 Å². The van der Waals surface area contributed by atoms with Crippen LogP contribution in [0.3, 0.4) is 0 Å². The van der Waals surface area contributed by atoms with E-state index < -0.39 is 23.2 Å². The van der Waals surface area contributed by atoms with Gasteiger partial charge in [0.2, 0.25) is 5.91 Å². The highest BCUT2D eigenvalue weighted by Gasteiger charge is 2.48. The van der Waals surface area contributed by atoms with E-state index in [0.717, 1.165) is 28.1 Å². The van der Waals surface area contributed by atoms with Gasteiger partial charge in [0.05, 0.1) is 23.4 Å². The second-order valence-corrected chi connectivity index (χ2v) is 9.66. The molecule has 2 N–H and O–H groups in total. The SMILES string of the molecule is Cc1cc(C(F)(F)F)cnc1-c1csc([C@@]2(C)N=C(N)N(C)C(=O)[C@H]2c2ccc3occc3c2)c1. The van der Waals surface area contributed by atoms with Gasteiger partial charge in [-0.2, -0.15) is 13.2 Å². The number of pyridine rings is 1. The normalized spacial score (nSPS) is 21.0. The predicted molar refractivity (Wildman–Crippen MR) is 128 cm³/mol. The number of halogens is 3. The number of aromatic nitrogens is 1. The standard InChI is InChI=1S/C25H21F3N4O2S/c1-13-8-17(25(26,27)28)11-30-21(13)16-10-19(35-12-16)24(2)20(22(33)32(3)23(29)31-24)15-4-5-18-14(9-15)6-7-34-18/h4-12,20H,1-3H3,(H2,29,31)/t20-,24-/m1/s1. The van der Waals surface area contributed by atoms with Crippen LogP contribution in [0.4, 0.5) is 13.2 Å². The van der Waals surface area contributed by atoms with Crippen LogP contribution in [0, 0.1) is 6.92 Å². The van der Waals surface area contributed by atoms with E-state index in [2.05, 4.69) is 4.98 Å². The van der Waals surface area contributed by atoms with Crippen molar-refractivity contribution in [3.05, 3.63) is 75.8 Å². The third-order valence-corrected chi connectivity index (χ3v) is 7.57. The Morgan fingerprint density at radius 2 is 1.97 bits per heavy atom. The summed E-state index contributed by atoms with van der Waals surface area (Å²) in [6.07, 6.45) is -2.04. The summed E-state index contributed by atoms with van der Waals surface area (Å²) in [5, 5.41) is 2.67. The molecule has 0 bridgehead atoms. The molecule has 6 nitrogen and oxygen atoms in total. The number of nitrogens with zero attached hydrogens (tertiary/aromatic N) is 3. The van der Waals surface area contributed by atoms with Crippen molar-refractivity contribution in [1.29, 1.82) is 0 Å². The predicted octanol–water partition coefficient (Wildman–Crippen LogP) is 5.67. The van der Waals surface area contributed by atoms with Crippen LogP contribution in [0.15, 0.2) is 63.6 Å². The van der Waals surface area contributed by atoms with Gasteiger partial charge in [-0.1, -0.05) is 6.07 Å². The molecule has 2 atom stereocenters. The van der Waals surface area contributed by atoms with Crippen LogP contribution < -0.4 is 5.73 Å². The molecule has 1 aliphatic rings. The van der Waals surface area contributed by atoms with Gasteiger partial charge in [0.25, 0.3) is 0 Å². The number of hydrogen-bond donors (Lipinski definition) is 1. The third-order valence-electron chi connectivity index (χ3n) is 6.42. The van der Waals surface area contributed by atoms with E-state index in [9.17, 15) is 18.0 Å². The fourth-order valence-electron chi connectivity index (χ4n) is 4.51. The molecule has 0 fully saturated rings. The van der Waals surface area contributed by atoms with Crippen molar-refractivity contribution in [2.75, 3.05) is 7.05 Å². The lowest BCUT2D eigenvalue weighted by atomic mass is 9.77. The number of carbonyl (C=O) groups is 1.